The van der Waals surface area contributed by atoms with Gasteiger partial charge >= 0.3 is 0 Å². The summed E-state index contributed by atoms with van der Waals surface area (Å²) in [5, 5.41) is 0. The van der Waals surface area contributed by atoms with Crippen LogP contribution in [0.5, 0.6) is 0 Å². The van der Waals surface area contributed by atoms with Crippen molar-refractivity contribution in [2.24, 2.45) is 0 Å². The van der Waals surface area contributed by atoms with Crippen LogP contribution in [0.25, 0.3) is 11.1 Å². The summed E-state index contributed by atoms with van der Waals surface area (Å²) in [6, 6.07) is 13.5. The third-order valence-electron chi connectivity index (χ3n) is 2.57. The van der Waals surface area contributed by atoms with Crippen LogP contribution in [0.4, 0.5) is 4.39 Å². The highest BCUT2D eigenvalue weighted by Gasteiger charge is 2.06. The fourth-order valence-corrected chi connectivity index (χ4v) is 1.73. The molecular weight excluding hydrogens is 187 g/mol. The lowest BCUT2D eigenvalue weighted by atomic mass is 9.98. The first-order valence-corrected chi connectivity index (χ1v) is 5.00. The third kappa shape index (κ3) is 1.91. The van der Waals surface area contributed by atoms with Crippen molar-refractivity contribution in [3.8, 4) is 11.1 Å². The number of rotatable bonds is 1. The maximum atomic E-state index is 13.5. The Hall–Kier alpha value is -1.63. The van der Waals surface area contributed by atoms with Crippen molar-refractivity contribution in [3.05, 3.63) is 59.4 Å². The number of halogens is 1. The molecule has 0 saturated carbocycles. The molecular formula is C14H13F. The Bertz CT molecular complexity index is 472. The fraction of sp³-hybridized carbons (Fsp3) is 0.143. The molecule has 0 N–H and O–H groups in total. The van der Waals surface area contributed by atoms with Crippen molar-refractivity contribution in [2.45, 2.75) is 13.8 Å². The first kappa shape index (κ1) is 9.91. The van der Waals surface area contributed by atoms with E-state index in [0.717, 1.165) is 16.7 Å². The number of hydrogen-bond donors (Lipinski definition) is 0. The summed E-state index contributed by atoms with van der Waals surface area (Å²) in [4.78, 5) is 0. The molecule has 2 aromatic rings. The van der Waals surface area contributed by atoms with Gasteiger partial charge in [-0.15, -0.1) is 0 Å². The van der Waals surface area contributed by atoms with Gasteiger partial charge in [-0.1, -0.05) is 36.4 Å². The van der Waals surface area contributed by atoms with Gasteiger partial charge in [-0.05, 0) is 42.2 Å². The second-order valence-corrected chi connectivity index (χ2v) is 3.79. The van der Waals surface area contributed by atoms with Gasteiger partial charge < -0.3 is 0 Å². The maximum Gasteiger partial charge on any atom is 0.126 e. The number of benzene rings is 2. The van der Waals surface area contributed by atoms with Crippen LogP contribution in [-0.4, -0.2) is 0 Å². The molecule has 0 aliphatic rings. The molecule has 0 fully saturated rings. The van der Waals surface area contributed by atoms with Gasteiger partial charge in [0.1, 0.15) is 5.82 Å². The van der Waals surface area contributed by atoms with Crippen LogP contribution in [0.2, 0.25) is 0 Å². The van der Waals surface area contributed by atoms with Crippen LogP contribution in [0, 0.1) is 19.7 Å². The molecule has 15 heavy (non-hydrogen) atoms. The highest BCUT2D eigenvalue weighted by Crippen LogP contribution is 2.26. The number of aryl methyl sites for hydroxylation is 1. The Balaban J connectivity index is 2.63. The van der Waals surface area contributed by atoms with E-state index in [0.29, 0.717) is 5.56 Å². The average Bonchev–Trinajstić information content (AvgIpc) is 2.24. The molecule has 0 aliphatic carbocycles. The van der Waals surface area contributed by atoms with Gasteiger partial charge in [0.25, 0.3) is 0 Å². The van der Waals surface area contributed by atoms with E-state index in [2.05, 4.69) is 0 Å². The summed E-state index contributed by atoms with van der Waals surface area (Å²) >= 11 is 0. The molecule has 0 unspecified atom stereocenters. The molecule has 0 nitrogen and oxygen atoms in total. The van der Waals surface area contributed by atoms with Gasteiger partial charge in [-0.25, -0.2) is 4.39 Å². The summed E-state index contributed by atoms with van der Waals surface area (Å²) < 4.78 is 13.5. The van der Waals surface area contributed by atoms with Gasteiger partial charge in [0.05, 0.1) is 0 Å². The van der Waals surface area contributed by atoms with Gasteiger partial charge in [-0.2, -0.15) is 0 Å². The lowest BCUT2D eigenvalue weighted by Gasteiger charge is -2.08. The lowest BCUT2D eigenvalue weighted by Crippen LogP contribution is -1.89. The Morgan fingerprint density at radius 3 is 2.27 bits per heavy atom. The molecule has 0 aliphatic heterocycles. The van der Waals surface area contributed by atoms with Gasteiger partial charge in [0.2, 0.25) is 0 Å². The Morgan fingerprint density at radius 2 is 1.60 bits per heavy atom. The fourth-order valence-electron chi connectivity index (χ4n) is 1.73. The van der Waals surface area contributed by atoms with Crippen molar-refractivity contribution in [1.82, 2.24) is 0 Å². The predicted octanol–water partition coefficient (Wildman–Crippen LogP) is 4.11. The van der Waals surface area contributed by atoms with E-state index in [1.165, 1.54) is 0 Å². The highest BCUT2D eigenvalue weighted by atomic mass is 19.1. The van der Waals surface area contributed by atoms with Gasteiger partial charge in [-0.3, -0.25) is 0 Å². The zero-order chi connectivity index (χ0) is 10.8. The molecule has 76 valence electrons. The summed E-state index contributed by atoms with van der Waals surface area (Å²) in [5.41, 5.74) is 3.72. The third-order valence-corrected chi connectivity index (χ3v) is 2.57. The highest BCUT2D eigenvalue weighted by molar-refractivity contribution is 5.68. The SMILES string of the molecule is Cc1cc(F)c(C)c(-c2ccccc2)c1. The van der Waals surface area contributed by atoms with Gasteiger partial charge in [0.15, 0.2) is 0 Å². The van der Waals surface area contributed by atoms with Crippen molar-refractivity contribution >= 4 is 0 Å². The van der Waals surface area contributed by atoms with Crippen molar-refractivity contribution in [3.63, 3.8) is 0 Å². The minimum Gasteiger partial charge on any atom is -0.207 e. The normalized spacial score (nSPS) is 10.3. The molecule has 2 aromatic carbocycles. The molecule has 0 amide bonds. The summed E-state index contributed by atoms with van der Waals surface area (Å²) in [7, 11) is 0. The smallest absolute Gasteiger partial charge is 0.126 e. The van der Waals surface area contributed by atoms with Crippen LogP contribution < -0.4 is 0 Å². The van der Waals surface area contributed by atoms with Crippen LogP contribution in [0.3, 0.4) is 0 Å². The molecule has 0 bridgehead atoms. The van der Waals surface area contributed by atoms with E-state index in [-0.39, 0.29) is 5.82 Å². The minimum atomic E-state index is -0.131. The quantitative estimate of drug-likeness (QED) is 0.649. The first-order valence-electron chi connectivity index (χ1n) is 5.00. The topological polar surface area (TPSA) is 0 Å². The minimum absolute atomic E-state index is 0.131. The van der Waals surface area contributed by atoms with E-state index in [1.807, 2.05) is 50.2 Å². The molecule has 0 atom stereocenters. The molecule has 0 aromatic heterocycles. The summed E-state index contributed by atoms with van der Waals surface area (Å²) in [6.07, 6.45) is 0. The van der Waals surface area contributed by atoms with E-state index in [9.17, 15) is 4.39 Å². The predicted molar refractivity (Wildman–Crippen MR) is 61.3 cm³/mol. The first-order chi connectivity index (χ1) is 7.18. The van der Waals surface area contributed by atoms with Crippen LogP contribution in [-0.2, 0) is 0 Å². The number of hydrogen-bond acceptors (Lipinski definition) is 0. The van der Waals surface area contributed by atoms with Crippen molar-refractivity contribution < 1.29 is 4.39 Å². The lowest BCUT2D eigenvalue weighted by molar-refractivity contribution is 0.618. The molecule has 0 radical (unpaired) electrons. The molecule has 0 spiro atoms. The second kappa shape index (κ2) is 3.85. The van der Waals surface area contributed by atoms with E-state index in [1.54, 1.807) is 6.07 Å². The molecule has 0 saturated heterocycles. The Labute approximate surface area is 89.4 Å². The van der Waals surface area contributed by atoms with Crippen LogP contribution in [0.15, 0.2) is 42.5 Å². The van der Waals surface area contributed by atoms with Crippen molar-refractivity contribution in [1.29, 1.82) is 0 Å². The summed E-state index contributed by atoms with van der Waals surface area (Å²) in [6.45, 7) is 3.73. The monoisotopic (exact) mass is 200 g/mol. The molecule has 2 rings (SSSR count). The Morgan fingerprint density at radius 1 is 0.933 bits per heavy atom. The Kier molecular flexibility index (Phi) is 2.55. The van der Waals surface area contributed by atoms with Crippen LogP contribution in [0.1, 0.15) is 11.1 Å². The maximum absolute atomic E-state index is 13.5. The van der Waals surface area contributed by atoms with E-state index < -0.39 is 0 Å². The summed E-state index contributed by atoms with van der Waals surface area (Å²) in [5.74, 6) is -0.131. The van der Waals surface area contributed by atoms with Gasteiger partial charge in [0, 0.05) is 0 Å². The molecule has 1 heteroatoms. The van der Waals surface area contributed by atoms with Crippen molar-refractivity contribution in [2.75, 3.05) is 0 Å². The zero-order valence-corrected chi connectivity index (χ0v) is 8.92. The average molecular weight is 200 g/mol. The largest absolute Gasteiger partial charge is 0.207 e. The standard InChI is InChI=1S/C14H13F/c1-10-8-13(11(2)14(15)9-10)12-6-4-3-5-7-12/h3-9H,1-2H3. The molecule has 0 heterocycles. The van der Waals surface area contributed by atoms with E-state index in [4.69, 9.17) is 0 Å². The van der Waals surface area contributed by atoms with E-state index >= 15 is 0 Å². The van der Waals surface area contributed by atoms with Crippen LogP contribution >= 0.6 is 0 Å². The second-order valence-electron chi connectivity index (χ2n) is 3.79. The zero-order valence-electron chi connectivity index (χ0n) is 8.92.